The molecule has 0 saturated carbocycles. The molecule has 0 unspecified atom stereocenters. The van der Waals surface area contributed by atoms with Gasteiger partial charge in [-0.25, -0.2) is 4.98 Å². The zero-order chi connectivity index (χ0) is 16.8. The number of rotatable bonds is 5. The van der Waals surface area contributed by atoms with Crippen LogP contribution in [0.2, 0.25) is 0 Å². The number of benzene rings is 2. The Morgan fingerprint density at radius 1 is 0.917 bits per heavy atom. The van der Waals surface area contributed by atoms with Gasteiger partial charge in [-0.15, -0.1) is 0 Å². The van der Waals surface area contributed by atoms with Crippen molar-refractivity contribution in [3.8, 4) is 0 Å². The molecule has 0 fully saturated rings. The van der Waals surface area contributed by atoms with Crippen molar-refractivity contribution < 1.29 is 4.79 Å². The van der Waals surface area contributed by atoms with Crippen molar-refractivity contribution in [3.05, 3.63) is 83.0 Å². The van der Waals surface area contributed by atoms with Crippen LogP contribution in [0.4, 0.5) is 17.2 Å². The second kappa shape index (κ2) is 7.75. The van der Waals surface area contributed by atoms with Gasteiger partial charge in [0, 0.05) is 10.2 Å². The van der Waals surface area contributed by atoms with Crippen molar-refractivity contribution in [1.82, 2.24) is 4.98 Å². The topological polar surface area (TPSA) is 54.0 Å². The summed E-state index contributed by atoms with van der Waals surface area (Å²) in [5.41, 5.74) is 2.82. The Bertz CT molecular complexity index is 802. The summed E-state index contributed by atoms with van der Waals surface area (Å²) in [5, 5.41) is 6.06. The fraction of sp³-hybridized carbons (Fsp3) is 0.0526. The number of halogens is 1. The quantitative estimate of drug-likeness (QED) is 0.669. The van der Waals surface area contributed by atoms with Crippen molar-refractivity contribution >= 4 is 39.0 Å². The first-order valence-electron chi connectivity index (χ1n) is 7.51. The number of nitrogens with one attached hydrogen (secondary N) is 2. The van der Waals surface area contributed by atoms with Crippen molar-refractivity contribution in [2.24, 2.45) is 0 Å². The van der Waals surface area contributed by atoms with E-state index >= 15 is 0 Å². The Morgan fingerprint density at radius 3 is 2.33 bits per heavy atom. The third-order valence-corrected chi connectivity index (χ3v) is 3.90. The van der Waals surface area contributed by atoms with E-state index in [0.717, 1.165) is 21.4 Å². The highest BCUT2D eigenvalue weighted by Crippen LogP contribution is 2.17. The maximum absolute atomic E-state index is 12.1. The zero-order valence-corrected chi connectivity index (χ0v) is 14.5. The molecule has 5 heteroatoms. The molecule has 0 radical (unpaired) electrons. The highest BCUT2D eigenvalue weighted by atomic mass is 79.9. The highest BCUT2D eigenvalue weighted by Gasteiger charge is 2.05. The summed E-state index contributed by atoms with van der Waals surface area (Å²) in [7, 11) is 0. The minimum Gasteiger partial charge on any atom is -0.354 e. The van der Waals surface area contributed by atoms with Crippen molar-refractivity contribution in [2.45, 2.75) is 6.42 Å². The molecular formula is C19H16BrN3O. The standard InChI is InChI=1S/C19H16BrN3O/c20-15-8-6-14(7-9-15)12-19(24)23-18-11-10-17(13-21-18)22-16-4-2-1-3-5-16/h1-11,13,22H,12H2,(H,21,23,24). The monoisotopic (exact) mass is 381 g/mol. The highest BCUT2D eigenvalue weighted by molar-refractivity contribution is 9.10. The smallest absolute Gasteiger partial charge is 0.229 e. The Balaban J connectivity index is 1.57. The van der Waals surface area contributed by atoms with E-state index in [4.69, 9.17) is 0 Å². The largest absolute Gasteiger partial charge is 0.354 e. The molecule has 2 N–H and O–H groups in total. The molecule has 0 aliphatic heterocycles. The molecule has 3 aromatic rings. The van der Waals surface area contributed by atoms with Gasteiger partial charge in [0.2, 0.25) is 5.91 Å². The maximum atomic E-state index is 12.1. The molecule has 2 aromatic carbocycles. The number of carbonyl (C=O) groups is 1. The molecule has 1 aromatic heterocycles. The maximum Gasteiger partial charge on any atom is 0.229 e. The predicted molar refractivity (Wildman–Crippen MR) is 100 cm³/mol. The number of anilines is 3. The molecule has 24 heavy (non-hydrogen) atoms. The van der Waals surface area contributed by atoms with Crippen LogP contribution in [-0.2, 0) is 11.2 Å². The molecule has 0 saturated heterocycles. The molecule has 0 bridgehead atoms. The van der Waals surface area contributed by atoms with Crippen LogP contribution in [0.5, 0.6) is 0 Å². The summed E-state index contributed by atoms with van der Waals surface area (Å²) in [6.07, 6.45) is 2.02. The van der Waals surface area contributed by atoms with Gasteiger partial charge in [0.25, 0.3) is 0 Å². The van der Waals surface area contributed by atoms with E-state index in [-0.39, 0.29) is 5.91 Å². The average Bonchev–Trinajstić information content (AvgIpc) is 2.60. The molecule has 4 nitrogen and oxygen atoms in total. The van der Waals surface area contributed by atoms with Crippen LogP contribution in [0.1, 0.15) is 5.56 Å². The molecule has 0 aliphatic carbocycles. The van der Waals surface area contributed by atoms with E-state index in [0.29, 0.717) is 12.2 Å². The lowest BCUT2D eigenvalue weighted by molar-refractivity contribution is -0.115. The summed E-state index contributed by atoms with van der Waals surface area (Å²) in [4.78, 5) is 16.3. The number of hydrogen-bond acceptors (Lipinski definition) is 3. The lowest BCUT2D eigenvalue weighted by Gasteiger charge is -2.08. The second-order valence-electron chi connectivity index (χ2n) is 5.27. The third-order valence-electron chi connectivity index (χ3n) is 3.37. The molecule has 1 amide bonds. The first-order valence-corrected chi connectivity index (χ1v) is 8.31. The summed E-state index contributed by atoms with van der Waals surface area (Å²) < 4.78 is 0.995. The van der Waals surface area contributed by atoms with Crippen molar-refractivity contribution in [3.63, 3.8) is 0 Å². The first-order chi connectivity index (χ1) is 11.7. The molecule has 1 heterocycles. The minimum atomic E-state index is -0.0893. The summed E-state index contributed by atoms with van der Waals surface area (Å²) in [5.74, 6) is 0.448. The predicted octanol–water partition coefficient (Wildman–Crippen LogP) is 4.77. The molecule has 3 rings (SSSR count). The van der Waals surface area contributed by atoms with Gasteiger partial charge in [0.1, 0.15) is 5.82 Å². The molecule has 0 aliphatic rings. The van der Waals surface area contributed by atoms with E-state index in [2.05, 4.69) is 31.5 Å². The van der Waals surface area contributed by atoms with Crippen LogP contribution in [-0.4, -0.2) is 10.9 Å². The van der Waals surface area contributed by atoms with E-state index < -0.39 is 0 Å². The Morgan fingerprint density at radius 2 is 1.67 bits per heavy atom. The summed E-state index contributed by atoms with van der Waals surface area (Å²) >= 11 is 3.38. The van der Waals surface area contributed by atoms with Crippen LogP contribution < -0.4 is 10.6 Å². The van der Waals surface area contributed by atoms with Gasteiger partial charge in [-0.1, -0.05) is 46.3 Å². The number of amides is 1. The molecular weight excluding hydrogens is 366 g/mol. The average molecular weight is 382 g/mol. The van der Waals surface area contributed by atoms with Gasteiger partial charge in [0.15, 0.2) is 0 Å². The molecule has 0 spiro atoms. The minimum absolute atomic E-state index is 0.0893. The van der Waals surface area contributed by atoms with Crippen LogP contribution in [0.25, 0.3) is 0 Å². The molecule has 120 valence electrons. The SMILES string of the molecule is O=C(Cc1ccc(Br)cc1)Nc1ccc(Nc2ccccc2)cn1. The lowest BCUT2D eigenvalue weighted by atomic mass is 10.1. The number of nitrogens with zero attached hydrogens (tertiary/aromatic N) is 1. The fourth-order valence-corrected chi connectivity index (χ4v) is 2.47. The number of pyridine rings is 1. The first kappa shape index (κ1) is 16.2. The van der Waals surface area contributed by atoms with E-state index in [1.54, 1.807) is 12.3 Å². The Kier molecular flexibility index (Phi) is 5.23. The molecule has 0 atom stereocenters. The van der Waals surface area contributed by atoms with Gasteiger partial charge >= 0.3 is 0 Å². The van der Waals surface area contributed by atoms with E-state index in [1.165, 1.54) is 0 Å². The van der Waals surface area contributed by atoms with Crippen molar-refractivity contribution in [1.29, 1.82) is 0 Å². The number of para-hydroxylation sites is 1. The number of aromatic nitrogens is 1. The normalized spacial score (nSPS) is 10.2. The van der Waals surface area contributed by atoms with Crippen LogP contribution in [0.3, 0.4) is 0 Å². The lowest BCUT2D eigenvalue weighted by Crippen LogP contribution is -2.15. The van der Waals surface area contributed by atoms with Crippen LogP contribution in [0, 0.1) is 0 Å². The van der Waals surface area contributed by atoms with Crippen LogP contribution >= 0.6 is 15.9 Å². The van der Waals surface area contributed by atoms with Gasteiger partial charge < -0.3 is 10.6 Å². The zero-order valence-electron chi connectivity index (χ0n) is 12.9. The summed E-state index contributed by atoms with van der Waals surface area (Å²) in [6, 6.07) is 21.2. The van der Waals surface area contributed by atoms with Gasteiger partial charge in [-0.05, 0) is 42.0 Å². The number of hydrogen-bond donors (Lipinski definition) is 2. The third kappa shape index (κ3) is 4.67. The Hall–Kier alpha value is -2.66. The Labute approximate surface area is 149 Å². The van der Waals surface area contributed by atoms with Crippen molar-refractivity contribution in [2.75, 3.05) is 10.6 Å². The van der Waals surface area contributed by atoms with Gasteiger partial charge in [-0.2, -0.15) is 0 Å². The number of carbonyl (C=O) groups excluding carboxylic acids is 1. The summed E-state index contributed by atoms with van der Waals surface area (Å²) in [6.45, 7) is 0. The van der Waals surface area contributed by atoms with E-state index in [1.807, 2.05) is 60.7 Å². The van der Waals surface area contributed by atoms with Gasteiger partial charge in [0.05, 0.1) is 18.3 Å². The van der Waals surface area contributed by atoms with E-state index in [9.17, 15) is 4.79 Å². The second-order valence-corrected chi connectivity index (χ2v) is 6.19. The van der Waals surface area contributed by atoms with Crippen LogP contribution in [0.15, 0.2) is 77.4 Å². The van der Waals surface area contributed by atoms with Gasteiger partial charge in [-0.3, -0.25) is 4.79 Å². The fourth-order valence-electron chi connectivity index (χ4n) is 2.20.